The van der Waals surface area contributed by atoms with Crippen molar-refractivity contribution >= 4 is 23.9 Å². The van der Waals surface area contributed by atoms with E-state index >= 15 is 0 Å². The first kappa shape index (κ1) is 25.7. The molecule has 1 heterocycles. The van der Waals surface area contributed by atoms with Crippen LogP contribution in [-0.4, -0.2) is 47.5 Å². The van der Waals surface area contributed by atoms with Crippen LogP contribution in [0.3, 0.4) is 0 Å². The fraction of sp³-hybridized carbons (Fsp3) is 0.385. The highest BCUT2D eigenvalue weighted by atomic mass is 16.6. The van der Waals surface area contributed by atoms with E-state index < -0.39 is 41.9 Å². The molecule has 0 spiro atoms. The molecule has 2 aromatic carbocycles. The number of amides is 3. The lowest BCUT2D eigenvalue weighted by Gasteiger charge is -2.36. The summed E-state index contributed by atoms with van der Waals surface area (Å²) in [7, 11) is 0. The molecule has 1 aliphatic rings. The fourth-order valence-electron chi connectivity index (χ4n) is 4.00. The number of benzene rings is 2. The molecule has 0 unspecified atom stereocenters. The number of nitrogens with two attached hydrogens (primary N) is 1. The number of ether oxygens (including phenoxy) is 2. The zero-order chi connectivity index (χ0) is 25.4. The minimum Gasteiger partial charge on any atom is -0.466 e. The number of rotatable bonds is 9. The molecule has 0 fully saturated rings. The minimum absolute atomic E-state index is 0.0122. The van der Waals surface area contributed by atoms with Crippen molar-refractivity contribution in [2.75, 3.05) is 6.61 Å². The molecule has 3 atom stereocenters. The molecule has 35 heavy (non-hydrogen) atoms. The van der Waals surface area contributed by atoms with Crippen LogP contribution in [0, 0.1) is 5.92 Å². The van der Waals surface area contributed by atoms with E-state index in [9.17, 15) is 19.2 Å². The molecule has 9 heteroatoms. The van der Waals surface area contributed by atoms with Crippen molar-refractivity contribution < 1.29 is 28.7 Å². The molecule has 0 saturated heterocycles. The Morgan fingerprint density at radius 1 is 1.03 bits per heavy atom. The molecule has 0 bridgehead atoms. The van der Waals surface area contributed by atoms with Crippen molar-refractivity contribution in [3.8, 4) is 0 Å². The fourth-order valence-corrected chi connectivity index (χ4v) is 4.00. The van der Waals surface area contributed by atoms with Gasteiger partial charge in [0, 0.05) is 6.42 Å². The van der Waals surface area contributed by atoms with Crippen LogP contribution in [0.25, 0.3) is 0 Å². The number of primary amides is 1. The third kappa shape index (κ3) is 6.81. The predicted octanol–water partition coefficient (Wildman–Crippen LogP) is 2.31. The molecule has 9 nitrogen and oxygen atoms in total. The molecule has 2 aromatic rings. The second-order valence-electron chi connectivity index (χ2n) is 8.51. The second kappa shape index (κ2) is 12.0. The van der Waals surface area contributed by atoms with Gasteiger partial charge in [-0.05, 0) is 30.0 Å². The quantitative estimate of drug-likeness (QED) is 0.529. The highest BCUT2D eigenvalue weighted by Gasteiger charge is 2.37. The summed E-state index contributed by atoms with van der Waals surface area (Å²) in [5, 5.41) is 2.63. The van der Waals surface area contributed by atoms with E-state index in [0.717, 1.165) is 16.7 Å². The topological polar surface area (TPSA) is 128 Å². The van der Waals surface area contributed by atoms with Crippen LogP contribution in [-0.2, 0) is 43.4 Å². The van der Waals surface area contributed by atoms with E-state index in [2.05, 4.69) is 5.32 Å². The van der Waals surface area contributed by atoms with E-state index in [1.165, 1.54) is 4.90 Å². The molecule has 186 valence electrons. The molecule has 3 N–H and O–H groups in total. The zero-order valence-corrected chi connectivity index (χ0v) is 19.9. The van der Waals surface area contributed by atoms with Crippen molar-refractivity contribution in [2.24, 2.45) is 11.7 Å². The maximum absolute atomic E-state index is 13.3. The first-order chi connectivity index (χ1) is 16.8. The molecule has 1 aliphatic heterocycles. The summed E-state index contributed by atoms with van der Waals surface area (Å²) in [5.74, 6) is -2.45. The Hall–Kier alpha value is -3.88. The largest absolute Gasteiger partial charge is 0.466 e. The number of carbonyl (C=O) groups excluding carboxylic acids is 4. The third-order valence-corrected chi connectivity index (χ3v) is 5.93. The third-order valence-electron chi connectivity index (χ3n) is 5.93. The van der Waals surface area contributed by atoms with Crippen LogP contribution in [0.1, 0.15) is 37.0 Å². The molecule has 0 radical (unpaired) electrons. The summed E-state index contributed by atoms with van der Waals surface area (Å²) in [5.41, 5.74) is 8.17. The first-order valence-electron chi connectivity index (χ1n) is 11.6. The van der Waals surface area contributed by atoms with Gasteiger partial charge in [0.1, 0.15) is 18.7 Å². The van der Waals surface area contributed by atoms with Crippen LogP contribution >= 0.6 is 0 Å². The summed E-state index contributed by atoms with van der Waals surface area (Å²) in [6.45, 7) is 3.74. The maximum atomic E-state index is 13.3. The van der Waals surface area contributed by atoms with Gasteiger partial charge in [0.05, 0.1) is 19.1 Å². The van der Waals surface area contributed by atoms with Crippen molar-refractivity contribution in [1.29, 1.82) is 0 Å². The Labute approximate surface area is 204 Å². The Morgan fingerprint density at radius 2 is 1.69 bits per heavy atom. The zero-order valence-electron chi connectivity index (χ0n) is 19.9. The monoisotopic (exact) mass is 481 g/mol. The Balaban J connectivity index is 1.75. The van der Waals surface area contributed by atoms with Gasteiger partial charge in [0.15, 0.2) is 0 Å². The molecular weight excluding hydrogens is 450 g/mol. The second-order valence-corrected chi connectivity index (χ2v) is 8.51. The predicted molar refractivity (Wildman–Crippen MR) is 128 cm³/mol. The molecule has 0 aliphatic carbocycles. The van der Waals surface area contributed by atoms with Crippen LogP contribution in [0.2, 0.25) is 0 Å². The van der Waals surface area contributed by atoms with Gasteiger partial charge < -0.3 is 20.5 Å². The van der Waals surface area contributed by atoms with E-state index in [-0.39, 0.29) is 32.6 Å². The molecule has 0 aromatic heterocycles. The van der Waals surface area contributed by atoms with Crippen molar-refractivity contribution in [2.45, 2.75) is 51.9 Å². The smallest absolute Gasteiger partial charge is 0.411 e. The summed E-state index contributed by atoms with van der Waals surface area (Å²) >= 11 is 0. The van der Waals surface area contributed by atoms with Crippen LogP contribution < -0.4 is 11.1 Å². The summed E-state index contributed by atoms with van der Waals surface area (Å²) in [4.78, 5) is 51.7. The Morgan fingerprint density at radius 3 is 2.34 bits per heavy atom. The Kier molecular flexibility index (Phi) is 8.83. The minimum atomic E-state index is -1.10. The number of esters is 1. The number of nitrogens with zero attached hydrogens (tertiary/aromatic N) is 1. The van der Waals surface area contributed by atoms with Gasteiger partial charge in [-0.1, -0.05) is 61.5 Å². The summed E-state index contributed by atoms with van der Waals surface area (Å²) < 4.78 is 10.5. The van der Waals surface area contributed by atoms with Gasteiger partial charge >= 0.3 is 12.1 Å². The van der Waals surface area contributed by atoms with Gasteiger partial charge in [-0.3, -0.25) is 19.3 Å². The summed E-state index contributed by atoms with van der Waals surface area (Å²) in [6.07, 6.45) is -0.401. The Bertz CT molecular complexity index is 1060. The SMILES string of the molecule is CCOC(=O)[C@H](C)C[C@H](NC(=O)[C@@H]1Cc2ccccc2CN1C(=O)OCc1ccccc1)C(N)=O. The van der Waals surface area contributed by atoms with Crippen LogP contribution in [0.5, 0.6) is 0 Å². The van der Waals surface area contributed by atoms with Gasteiger partial charge in [-0.25, -0.2) is 4.79 Å². The number of carbonyl (C=O) groups is 4. The molecule has 0 saturated carbocycles. The van der Waals surface area contributed by atoms with Gasteiger partial charge in [-0.2, -0.15) is 0 Å². The summed E-state index contributed by atoms with van der Waals surface area (Å²) in [6, 6.07) is 14.8. The number of fused-ring (bicyclic) bond motifs is 1. The standard InChI is InChI=1S/C26H31N3O6/c1-3-34-25(32)17(2)13-21(23(27)30)28-24(31)22-14-19-11-7-8-12-20(19)15-29(22)26(33)35-16-18-9-5-4-6-10-18/h4-12,17,21-22H,3,13-16H2,1-2H3,(H2,27,30)(H,28,31)/t17-,21+,22+/m1/s1. The van der Waals surface area contributed by atoms with Gasteiger partial charge in [-0.15, -0.1) is 0 Å². The number of hydrogen-bond donors (Lipinski definition) is 2. The maximum Gasteiger partial charge on any atom is 0.411 e. The van der Waals surface area contributed by atoms with Gasteiger partial charge in [0.25, 0.3) is 0 Å². The first-order valence-corrected chi connectivity index (χ1v) is 11.6. The van der Waals surface area contributed by atoms with E-state index in [4.69, 9.17) is 15.2 Å². The average molecular weight is 482 g/mol. The van der Waals surface area contributed by atoms with Crippen molar-refractivity contribution in [3.63, 3.8) is 0 Å². The van der Waals surface area contributed by atoms with Crippen molar-refractivity contribution in [3.05, 3.63) is 71.3 Å². The van der Waals surface area contributed by atoms with Crippen LogP contribution in [0.15, 0.2) is 54.6 Å². The molecule has 3 rings (SSSR count). The normalized spacial score (nSPS) is 16.4. The lowest BCUT2D eigenvalue weighted by molar-refractivity contribution is -0.148. The molecular formula is C26H31N3O6. The lowest BCUT2D eigenvalue weighted by atomic mass is 9.93. The van der Waals surface area contributed by atoms with E-state index in [1.807, 2.05) is 54.6 Å². The molecule has 3 amide bonds. The van der Waals surface area contributed by atoms with E-state index in [0.29, 0.717) is 0 Å². The van der Waals surface area contributed by atoms with Gasteiger partial charge in [0.2, 0.25) is 11.8 Å². The number of hydrogen-bond acceptors (Lipinski definition) is 6. The average Bonchev–Trinajstić information content (AvgIpc) is 2.86. The highest BCUT2D eigenvalue weighted by molar-refractivity contribution is 5.91. The van der Waals surface area contributed by atoms with E-state index in [1.54, 1.807) is 13.8 Å². The highest BCUT2D eigenvalue weighted by Crippen LogP contribution is 2.25. The number of nitrogens with one attached hydrogen (secondary N) is 1. The lowest BCUT2D eigenvalue weighted by Crippen LogP contribution is -2.56. The van der Waals surface area contributed by atoms with Crippen molar-refractivity contribution in [1.82, 2.24) is 10.2 Å². The van der Waals surface area contributed by atoms with Crippen LogP contribution in [0.4, 0.5) is 4.79 Å².